The van der Waals surface area contributed by atoms with Crippen LogP contribution in [0.3, 0.4) is 0 Å². The number of amides is 2. The van der Waals surface area contributed by atoms with Crippen molar-refractivity contribution >= 4 is 18.0 Å². The minimum absolute atomic E-state index is 0.0233. The van der Waals surface area contributed by atoms with Crippen molar-refractivity contribution in [1.29, 1.82) is 0 Å². The van der Waals surface area contributed by atoms with Gasteiger partial charge in [0, 0.05) is 12.1 Å². The number of carboxylic acids is 1. The standard InChI is InChI=1S/C20H30N2O5/c1-19(2,3)21-16(23)12-15(17(24)25)22(18(26)27-20(4,5)6)13-14-10-8-7-9-11-14/h7-11,15H,12-13H2,1-6H3,(H,21,23)(H,24,25)/t15-/m0/s1. The van der Waals surface area contributed by atoms with Crippen LogP contribution in [-0.4, -0.2) is 45.2 Å². The van der Waals surface area contributed by atoms with Crippen LogP contribution in [0, 0.1) is 0 Å². The predicted octanol–water partition coefficient (Wildman–Crippen LogP) is 3.18. The van der Waals surface area contributed by atoms with Crippen LogP contribution in [0.15, 0.2) is 30.3 Å². The van der Waals surface area contributed by atoms with Gasteiger partial charge in [-0.25, -0.2) is 9.59 Å². The van der Waals surface area contributed by atoms with E-state index in [2.05, 4.69) is 5.32 Å². The van der Waals surface area contributed by atoms with Crippen LogP contribution in [0.4, 0.5) is 4.79 Å². The number of carbonyl (C=O) groups is 3. The van der Waals surface area contributed by atoms with E-state index < -0.39 is 35.2 Å². The summed E-state index contributed by atoms with van der Waals surface area (Å²) < 4.78 is 5.38. The van der Waals surface area contributed by atoms with Crippen molar-refractivity contribution in [2.24, 2.45) is 0 Å². The fourth-order valence-electron chi connectivity index (χ4n) is 2.38. The smallest absolute Gasteiger partial charge is 0.411 e. The Morgan fingerprint density at radius 3 is 2.07 bits per heavy atom. The van der Waals surface area contributed by atoms with Crippen molar-refractivity contribution in [3.8, 4) is 0 Å². The molecule has 0 radical (unpaired) electrons. The summed E-state index contributed by atoms with van der Waals surface area (Å²) in [6.45, 7) is 10.5. The van der Waals surface area contributed by atoms with E-state index in [1.165, 1.54) is 0 Å². The highest BCUT2D eigenvalue weighted by Gasteiger charge is 2.35. The minimum Gasteiger partial charge on any atom is -0.480 e. The zero-order valence-corrected chi connectivity index (χ0v) is 16.9. The average Bonchev–Trinajstić information content (AvgIpc) is 2.48. The van der Waals surface area contributed by atoms with Crippen LogP contribution in [-0.2, 0) is 20.9 Å². The summed E-state index contributed by atoms with van der Waals surface area (Å²) >= 11 is 0. The van der Waals surface area contributed by atoms with E-state index >= 15 is 0 Å². The maximum atomic E-state index is 12.7. The Morgan fingerprint density at radius 2 is 1.63 bits per heavy atom. The molecule has 0 saturated heterocycles. The second-order valence-electron chi connectivity index (χ2n) is 8.45. The van der Waals surface area contributed by atoms with Crippen molar-refractivity contribution in [3.63, 3.8) is 0 Å². The minimum atomic E-state index is -1.34. The Kier molecular flexibility index (Phi) is 7.39. The van der Waals surface area contributed by atoms with Gasteiger partial charge in [0.25, 0.3) is 0 Å². The van der Waals surface area contributed by atoms with E-state index in [9.17, 15) is 19.5 Å². The molecular weight excluding hydrogens is 348 g/mol. The lowest BCUT2D eigenvalue weighted by Gasteiger charge is -2.32. The van der Waals surface area contributed by atoms with Crippen molar-refractivity contribution < 1.29 is 24.2 Å². The molecule has 0 saturated carbocycles. The van der Waals surface area contributed by atoms with Gasteiger partial charge in [-0.1, -0.05) is 30.3 Å². The Balaban J connectivity index is 3.12. The molecule has 150 valence electrons. The van der Waals surface area contributed by atoms with Crippen LogP contribution in [0.5, 0.6) is 0 Å². The molecule has 7 heteroatoms. The summed E-state index contributed by atoms with van der Waals surface area (Å²) in [5.74, 6) is -1.71. The highest BCUT2D eigenvalue weighted by molar-refractivity contribution is 5.87. The van der Waals surface area contributed by atoms with Gasteiger partial charge in [0.2, 0.25) is 5.91 Å². The summed E-state index contributed by atoms with van der Waals surface area (Å²) in [6, 6.07) is 7.64. The average molecular weight is 378 g/mol. The molecule has 0 unspecified atom stereocenters. The van der Waals surface area contributed by atoms with Crippen LogP contribution in [0.1, 0.15) is 53.5 Å². The molecule has 0 heterocycles. The van der Waals surface area contributed by atoms with Gasteiger partial charge >= 0.3 is 12.1 Å². The lowest BCUT2D eigenvalue weighted by molar-refractivity contribution is -0.146. The second-order valence-corrected chi connectivity index (χ2v) is 8.45. The summed E-state index contributed by atoms with van der Waals surface area (Å²) in [5.41, 5.74) is -0.551. The number of ether oxygens (including phenoxy) is 1. The monoisotopic (exact) mass is 378 g/mol. The SMILES string of the molecule is CC(C)(C)NC(=O)C[C@@H](C(=O)O)N(Cc1ccccc1)C(=O)OC(C)(C)C. The molecule has 2 amide bonds. The third kappa shape index (κ3) is 8.57. The normalized spacial score (nSPS) is 12.8. The number of hydrogen-bond donors (Lipinski definition) is 2. The van der Waals surface area contributed by atoms with Crippen LogP contribution in [0.25, 0.3) is 0 Å². The predicted molar refractivity (Wildman–Crippen MR) is 102 cm³/mol. The van der Waals surface area contributed by atoms with Crippen LogP contribution >= 0.6 is 0 Å². The van der Waals surface area contributed by atoms with E-state index in [0.29, 0.717) is 0 Å². The van der Waals surface area contributed by atoms with E-state index in [1.54, 1.807) is 65.8 Å². The van der Waals surface area contributed by atoms with Crippen molar-refractivity contribution in [3.05, 3.63) is 35.9 Å². The molecule has 2 N–H and O–H groups in total. The number of hydrogen-bond acceptors (Lipinski definition) is 4. The molecule has 7 nitrogen and oxygen atoms in total. The number of carbonyl (C=O) groups excluding carboxylic acids is 2. The molecule has 0 spiro atoms. The zero-order chi connectivity index (χ0) is 20.8. The molecular formula is C20H30N2O5. The summed E-state index contributed by atoms with van der Waals surface area (Å²) in [6.07, 6.45) is -1.14. The first-order valence-electron chi connectivity index (χ1n) is 8.86. The quantitative estimate of drug-likeness (QED) is 0.792. The van der Waals surface area contributed by atoms with E-state index in [0.717, 1.165) is 10.5 Å². The Hall–Kier alpha value is -2.57. The van der Waals surface area contributed by atoms with Crippen molar-refractivity contribution in [2.75, 3.05) is 0 Å². The lowest BCUT2D eigenvalue weighted by Crippen LogP contribution is -2.50. The van der Waals surface area contributed by atoms with Gasteiger partial charge in [-0.3, -0.25) is 9.69 Å². The molecule has 0 aromatic heterocycles. The van der Waals surface area contributed by atoms with Gasteiger partial charge in [-0.05, 0) is 47.1 Å². The number of rotatable bonds is 6. The first-order valence-corrected chi connectivity index (χ1v) is 8.86. The van der Waals surface area contributed by atoms with Crippen LogP contribution in [0.2, 0.25) is 0 Å². The van der Waals surface area contributed by atoms with Crippen LogP contribution < -0.4 is 5.32 Å². The molecule has 0 bridgehead atoms. The topological polar surface area (TPSA) is 95.9 Å². The second kappa shape index (κ2) is 8.88. The Bertz CT molecular complexity index is 659. The van der Waals surface area contributed by atoms with Gasteiger partial charge in [0.15, 0.2) is 0 Å². The molecule has 1 aromatic rings. The van der Waals surface area contributed by atoms with Gasteiger partial charge in [-0.2, -0.15) is 0 Å². The Labute approximate surface area is 160 Å². The first-order chi connectivity index (χ1) is 12.3. The van der Waals surface area contributed by atoms with E-state index in [1.807, 2.05) is 6.07 Å². The molecule has 0 aliphatic heterocycles. The van der Waals surface area contributed by atoms with Crippen molar-refractivity contribution in [2.45, 2.75) is 71.7 Å². The maximum absolute atomic E-state index is 12.7. The molecule has 27 heavy (non-hydrogen) atoms. The number of nitrogens with one attached hydrogen (secondary N) is 1. The molecule has 1 aromatic carbocycles. The Morgan fingerprint density at radius 1 is 1.07 bits per heavy atom. The summed E-state index contributed by atoms with van der Waals surface area (Å²) in [7, 11) is 0. The molecule has 1 rings (SSSR count). The van der Waals surface area contributed by atoms with Crippen molar-refractivity contribution in [1.82, 2.24) is 10.2 Å². The third-order valence-corrected chi connectivity index (χ3v) is 3.38. The highest BCUT2D eigenvalue weighted by atomic mass is 16.6. The molecule has 0 aliphatic rings. The number of aliphatic carboxylic acids is 1. The molecule has 0 aliphatic carbocycles. The zero-order valence-electron chi connectivity index (χ0n) is 16.9. The fraction of sp³-hybridized carbons (Fsp3) is 0.550. The van der Waals surface area contributed by atoms with Gasteiger partial charge in [0.1, 0.15) is 11.6 Å². The third-order valence-electron chi connectivity index (χ3n) is 3.38. The number of carboxylic acid groups (broad SMARTS) is 1. The maximum Gasteiger partial charge on any atom is 0.411 e. The number of nitrogens with zero attached hydrogens (tertiary/aromatic N) is 1. The lowest BCUT2D eigenvalue weighted by atomic mass is 10.1. The van der Waals surface area contributed by atoms with Gasteiger partial charge < -0.3 is 15.2 Å². The van der Waals surface area contributed by atoms with E-state index in [4.69, 9.17) is 4.74 Å². The first kappa shape index (κ1) is 22.5. The fourth-order valence-corrected chi connectivity index (χ4v) is 2.38. The summed E-state index contributed by atoms with van der Waals surface area (Å²) in [5, 5.41) is 12.4. The van der Waals surface area contributed by atoms with Gasteiger partial charge in [0.05, 0.1) is 6.42 Å². The molecule has 0 fully saturated rings. The summed E-state index contributed by atoms with van der Waals surface area (Å²) in [4.78, 5) is 37.9. The van der Waals surface area contributed by atoms with E-state index in [-0.39, 0.29) is 13.0 Å². The number of benzene rings is 1. The largest absolute Gasteiger partial charge is 0.480 e. The van der Waals surface area contributed by atoms with Gasteiger partial charge in [-0.15, -0.1) is 0 Å². The highest BCUT2D eigenvalue weighted by Crippen LogP contribution is 2.18. The molecule has 1 atom stereocenters.